The van der Waals surface area contributed by atoms with Gasteiger partial charge in [0.2, 0.25) is 5.91 Å². The largest absolute Gasteiger partial charge is 0.449 e. The minimum Gasteiger partial charge on any atom is -0.449 e. The fraction of sp³-hybridized carbons (Fsp3) is 0.324. The number of fused-ring (bicyclic) bond motifs is 10. The van der Waals surface area contributed by atoms with Crippen LogP contribution in [0.15, 0.2) is 70.6 Å². The number of H-pyrrole nitrogens is 1. The number of aryl methyl sites for hydroxylation is 1. The number of aromatic amines is 1. The van der Waals surface area contributed by atoms with Crippen LogP contribution in [0.3, 0.4) is 0 Å². The average Bonchev–Trinajstić information content (AvgIpc) is 3.87. The fourth-order valence-electron chi connectivity index (χ4n) is 6.01. The van der Waals surface area contributed by atoms with E-state index in [0.717, 1.165) is 36.0 Å². The summed E-state index contributed by atoms with van der Waals surface area (Å²) in [6, 6.07) is 15.5. The molecule has 3 atom stereocenters. The highest BCUT2D eigenvalue weighted by Crippen LogP contribution is 2.37. The zero-order valence-corrected chi connectivity index (χ0v) is 26.4. The van der Waals surface area contributed by atoms with Gasteiger partial charge >= 0.3 is 6.09 Å². The van der Waals surface area contributed by atoms with Crippen molar-refractivity contribution in [1.29, 1.82) is 0 Å². The molecule has 0 spiro atoms. The number of ether oxygens (including phenoxy) is 1. The number of aromatic nitrogens is 2. The maximum absolute atomic E-state index is 14.4. The van der Waals surface area contributed by atoms with E-state index < -0.39 is 21.7 Å². The summed E-state index contributed by atoms with van der Waals surface area (Å²) in [7, 11) is -0.916. The second-order valence-electron chi connectivity index (χ2n) is 11.9. The minimum atomic E-state index is -2.61. The summed E-state index contributed by atoms with van der Waals surface area (Å²) >= 11 is 0. The van der Waals surface area contributed by atoms with Gasteiger partial charge < -0.3 is 19.9 Å². The van der Waals surface area contributed by atoms with Crippen molar-refractivity contribution in [2.45, 2.75) is 61.8 Å². The van der Waals surface area contributed by atoms with Gasteiger partial charge in [0, 0.05) is 41.0 Å². The summed E-state index contributed by atoms with van der Waals surface area (Å²) < 4.78 is 19.5. The standard InChI is InChI=1S/C34H37N5O5S/c1-5-21-18-44-34(42)38-24-8-13-30(45(4,43)26-9-10-26)23(15-24)17-39(3)33(41)31(22-6-11-27(21)20(2)14-22)37-25-7-12-29-28(16-25)32(40)36-19-35-29/h6-8,11-16,19,21,26,31,37H,4-5,9-10,17-18H2,1-3H3,(H,38,42)(H,35,36,40)/t21-,31+,45?/m0/s1. The monoisotopic (exact) mass is 627 g/mol. The lowest BCUT2D eigenvalue weighted by atomic mass is 9.90. The first-order chi connectivity index (χ1) is 21.5. The van der Waals surface area contributed by atoms with Crippen LogP contribution < -0.4 is 16.2 Å². The average molecular weight is 628 g/mol. The number of benzene rings is 3. The SMILES string of the molecule is C=S(=O)(c1ccc2cc1CN(C)C(=O)[C@H](Nc1ccc3nc[nH]c(=O)c3c1)c1ccc(c(C)c1)[C@@H](CC)COC(=O)N2)C1CC1. The first-order valence-electron chi connectivity index (χ1n) is 15.1. The number of carbonyl (C=O) groups is 2. The molecule has 7 rings (SSSR count). The molecule has 1 aliphatic carbocycles. The van der Waals surface area contributed by atoms with Crippen molar-refractivity contribution in [3.63, 3.8) is 0 Å². The molecule has 0 radical (unpaired) electrons. The molecule has 11 heteroatoms. The Morgan fingerprint density at radius 3 is 2.62 bits per heavy atom. The van der Waals surface area contributed by atoms with Crippen LogP contribution >= 0.6 is 0 Å². The highest BCUT2D eigenvalue weighted by molar-refractivity contribution is 8.01. The lowest BCUT2D eigenvalue weighted by Crippen LogP contribution is -2.35. The number of carbonyl (C=O) groups excluding carboxylic acids is 2. The van der Waals surface area contributed by atoms with E-state index in [2.05, 4.69) is 26.5 Å². The number of nitrogens with one attached hydrogen (secondary N) is 3. The molecule has 3 N–H and O–H groups in total. The number of likely N-dealkylation sites (N-methyl/N-ethyl adjacent to an activating group) is 1. The molecule has 0 saturated heterocycles. The Balaban J connectivity index is 1.45. The Morgan fingerprint density at radius 1 is 1.09 bits per heavy atom. The molecule has 3 heterocycles. The van der Waals surface area contributed by atoms with Crippen LogP contribution in [0.25, 0.3) is 10.9 Å². The highest BCUT2D eigenvalue weighted by atomic mass is 32.2. The van der Waals surface area contributed by atoms with Crippen molar-refractivity contribution in [2.75, 3.05) is 24.3 Å². The lowest BCUT2D eigenvalue weighted by molar-refractivity contribution is -0.131. The van der Waals surface area contributed by atoms with Gasteiger partial charge in [-0.1, -0.05) is 25.1 Å². The van der Waals surface area contributed by atoms with Crippen molar-refractivity contribution in [3.05, 3.63) is 93.5 Å². The van der Waals surface area contributed by atoms with E-state index in [4.69, 9.17) is 4.74 Å². The molecular weight excluding hydrogens is 590 g/mol. The summed E-state index contributed by atoms with van der Waals surface area (Å²) in [5, 5.41) is 6.58. The summed E-state index contributed by atoms with van der Waals surface area (Å²) in [4.78, 5) is 48.7. The Morgan fingerprint density at radius 2 is 1.89 bits per heavy atom. The van der Waals surface area contributed by atoms with Crippen molar-refractivity contribution < 1.29 is 18.5 Å². The quantitative estimate of drug-likeness (QED) is 0.255. The smallest absolute Gasteiger partial charge is 0.411 e. The van der Waals surface area contributed by atoms with E-state index in [1.165, 1.54) is 6.33 Å². The summed E-state index contributed by atoms with van der Waals surface area (Å²) in [6.07, 6.45) is 3.21. The van der Waals surface area contributed by atoms with E-state index in [-0.39, 0.29) is 35.8 Å². The second-order valence-corrected chi connectivity index (χ2v) is 14.5. The zero-order valence-electron chi connectivity index (χ0n) is 25.6. The van der Waals surface area contributed by atoms with Crippen molar-refractivity contribution in [2.24, 2.45) is 0 Å². The maximum atomic E-state index is 14.4. The Labute approximate surface area is 262 Å². The molecule has 2 aliphatic heterocycles. The molecular formula is C34H37N5O5S. The molecule has 2 amide bonds. The van der Waals surface area contributed by atoms with E-state index in [9.17, 15) is 18.6 Å². The molecule has 1 saturated carbocycles. The van der Waals surface area contributed by atoms with E-state index in [0.29, 0.717) is 32.7 Å². The van der Waals surface area contributed by atoms with Gasteiger partial charge in [0.15, 0.2) is 0 Å². The van der Waals surface area contributed by atoms with Gasteiger partial charge in [-0.15, -0.1) is 0 Å². The van der Waals surface area contributed by atoms with E-state index >= 15 is 0 Å². The molecule has 1 aromatic heterocycles. The molecule has 1 fully saturated rings. The van der Waals surface area contributed by atoms with Gasteiger partial charge in [0.1, 0.15) is 12.6 Å². The second kappa shape index (κ2) is 12.0. The summed E-state index contributed by atoms with van der Waals surface area (Å²) in [6.45, 7) is 4.34. The number of amides is 2. The molecule has 4 aromatic rings. The number of anilines is 2. The van der Waals surface area contributed by atoms with Crippen LogP contribution in [0.2, 0.25) is 0 Å². The Bertz CT molecular complexity index is 1970. The highest BCUT2D eigenvalue weighted by Gasteiger charge is 2.34. The van der Waals surface area contributed by atoms with E-state index in [1.54, 1.807) is 48.3 Å². The predicted octanol–water partition coefficient (Wildman–Crippen LogP) is 5.34. The van der Waals surface area contributed by atoms with Crippen molar-refractivity contribution in [3.8, 4) is 0 Å². The normalized spacial score (nSPS) is 20.4. The number of hydrogen-bond acceptors (Lipinski definition) is 7. The van der Waals surface area contributed by atoms with Gasteiger partial charge in [-0.05, 0) is 100 Å². The Kier molecular flexibility index (Phi) is 8.13. The van der Waals surface area contributed by atoms with Crippen molar-refractivity contribution >= 4 is 49.7 Å². The third kappa shape index (κ3) is 6.17. The predicted molar refractivity (Wildman–Crippen MR) is 177 cm³/mol. The topological polar surface area (TPSA) is 133 Å². The first-order valence-corrected chi connectivity index (χ1v) is 16.9. The van der Waals surface area contributed by atoms with Crippen LogP contribution in [0.4, 0.5) is 16.2 Å². The molecule has 10 nitrogen and oxygen atoms in total. The first kappa shape index (κ1) is 30.4. The molecule has 1 unspecified atom stereocenters. The number of nitrogens with zero attached hydrogens (tertiary/aromatic N) is 2. The van der Waals surface area contributed by atoms with Crippen molar-refractivity contribution in [1.82, 2.24) is 14.9 Å². The molecule has 234 valence electrons. The third-order valence-electron chi connectivity index (χ3n) is 8.70. The van der Waals surface area contributed by atoms with Crippen LogP contribution in [-0.2, 0) is 25.6 Å². The number of rotatable bonds is 5. The lowest BCUT2D eigenvalue weighted by Gasteiger charge is -2.28. The third-order valence-corrected chi connectivity index (χ3v) is 11.4. The minimum absolute atomic E-state index is 0.00804. The van der Waals surface area contributed by atoms with E-state index in [1.807, 2.05) is 32.0 Å². The van der Waals surface area contributed by atoms with Crippen LogP contribution in [0.5, 0.6) is 0 Å². The number of hydrogen-bond donors (Lipinski definition) is 3. The van der Waals surface area contributed by atoms with Gasteiger partial charge in [-0.2, -0.15) is 0 Å². The van der Waals surface area contributed by atoms with Gasteiger partial charge in [-0.25, -0.2) is 9.78 Å². The van der Waals surface area contributed by atoms with Crippen LogP contribution in [0, 0.1) is 6.92 Å². The molecule has 45 heavy (non-hydrogen) atoms. The summed E-state index contributed by atoms with van der Waals surface area (Å²) in [5.74, 6) is 3.83. The van der Waals surface area contributed by atoms with Gasteiger partial charge in [0.25, 0.3) is 5.56 Å². The zero-order chi connectivity index (χ0) is 31.9. The van der Waals surface area contributed by atoms with Crippen LogP contribution in [-0.4, -0.2) is 55.9 Å². The maximum Gasteiger partial charge on any atom is 0.411 e. The fourth-order valence-corrected chi connectivity index (χ4v) is 8.13. The molecule has 3 aliphatic rings. The van der Waals surface area contributed by atoms with Gasteiger partial charge in [-0.3, -0.25) is 19.1 Å². The summed E-state index contributed by atoms with van der Waals surface area (Å²) in [5.41, 5.74) is 4.71. The van der Waals surface area contributed by atoms with Crippen LogP contribution in [0.1, 0.15) is 60.4 Å². The molecule has 4 bridgehead atoms. The molecule has 3 aromatic carbocycles. The van der Waals surface area contributed by atoms with Gasteiger partial charge in [0.05, 0.1) is 17.2 Å². The Hall–Kier alpha value is -4.64.